The summed E-state index contributed by atoms with van der Waals surface area (Å²) in [5, 5.41) is 0. The van der Waals surface area contributed by atoms with Crippen LogP contribution >= 0.6 is 0 Å². The van der Waals surface area contributed by atoms with E-state index >= 15 is 0 Å². The highest BCUT2D eigenvalue weighted by molar-refractivity contribution is 5.84. The van der Waals surface area contributed by atoms with Gasteiger partial charge in [-0.2, -0.15) is 0 Å². The first kappa shape index (κ1) is 16.1. The largest absolute Gasteiger partial charge is 0.339 e. The first-order valence-corrected chi connectivity index (χ1v) is 9.70. The molecule has 1 amide bonds. The van der Waals surface area contributed by atoms with Crippen LogP contribution in [0.2, 0.25) is 0 Å². The van der Waals surface area contributed by atoms with E-state index in [9.17, 15) is 4.79 Å². The van der Waals surface area contributed by atoms with Crippen molar-refractivity contribution >= 4 is 5.91 Å². The number of rotatable bonds is 3. The molecule has 0 bridgehead atoms. The number of likely N-dealkylation sites (tertiary alicyclic amines) is 2. The van der Waals surface area contributed by atoms with Crippen molar-refractivity contribution in [2.24, 2.45) is 5.41 Å². The predicted molar refractivity (Wildman–Crippen MR) is 94.4 cm³/mol. The minimum absolute atomic E-state index is 0.107. The summed E-state index contributed by atoms with van der Waals surface area (Å²) in [6.07, 6.45) is 11.5. The second-order valence-corrected chi connectivity index (χ2v) is 7.96. The molecule has 0 unspecified atom stereocenters. The molecule has 0 N–H and O–H groups in total. The molecule has 4 rings (SSSR count). The van der Waals surface area contributed by atoms with Gasteiger partial charge in [0.2, 0.25) is 5.91 Å². The third kappa shape index (κ3) is 3.08. The maximum atomic E-state index is 13.3. The minimum Gasteiger partial charge on any atom is -0.339 e. The lowest BCUT2D eigenvalue weighted by Crippen LogP contribution is -2.54. The molecule has 3 fully saturated rings. The zero-order valence-corrected chi connectivity index (χ0v) is 14.6. The minimum atomic E-state index is -0.107. The Kier molecular flexibility index (Phi) is 4.57. The smallest absolute Gasteiger partial charge is 0.230 e. The SMILES string of the molecule is O=C1N(C2CCCCC2)CCC[C@]12CCN(Cc1ccccn1)C2. The van der Waals surface area contributed by atoms with Crippen LogP contribution in [-0.2, 0) is 11.3 Å². The van der Waals surface area contributed by atoms with E-state index in [-0.39, 0.29) is 5.41 Å². The summed E-state index contributed by atoms with van der Waals surface area (Å²) < 4.78 is 0. The van der Waals surface area contributed by atoms with Crippen LogP contribution in [0, 0.1) is 5.41 Å². The fourth-order valence-electron chi connectivity index (χ4n) is 5.03. The second kappa shape index (κ2) is 6.83. The molecule has 4 heteroatoms. The number of pyridine rings is 1. The Morgan fingerprint density at radius 3 is 2.75 bits per heavy atom. The van der Waals surface area contributed by atoms with Gasteiger partial charge in [0.15, 0.2) is 0 Å². The van der Waals surface area contributed by atoms with Gasteiger partial charge in [-0.05, 0) is 50.8 Å². The maximum Gasteiger partial charge on any atom is 0.230 e. The van der Waals surface area contributed by atoms with E-state index in [0.717, 1.165) is 44.7 Å². The number of hydrogen-bond acceptors (Lipinski definition) is 3. The van der Waals surface area contributed by atoms with Crippen molar-refractivity contribution in [1.29, 1.82) is 0 Å². The molecule has 1 spiro atoms. The van der Waals surface area contributed by atoms with Crippen molar-refractivity contribution in [2.75, 3.05) is 19.6 Å². The first-order valence-electron chi connectivity index (χ1n) is 9.70. The van der Waals surface area contributed by atoms with Crippen molar-refractivity contribution in [3.8, 4) is 0 Å². The normalized spacial score (nSPS) is 29.5. The van der Waals surface area contributed by atoms with Crippen LogP contribution < -0.4 is 0 Å². The molecule has 3 heterocycles. The Morgan fingerprint density at radius 1 is 1.08 bits per heavy atom. The highest BCUT2D eigenvalue weighted by Crippen LogP contribution is 2.42. The molecule has 1 saturated carbocycles. The number of aromatic nitrogens is 1. The number of amides is 1. The quantitative estimate of drug-likeness (QED) is 0.855. The average molecular weight is 327 g/mol. The molecular weight excluding hydrogens is 298 g/mol. The first-order chi connectivity index (χ1) is 11.8. The monoisotopic (exact) mass is 327 g/mol. The van der Waals surface area contributed by atoms with E-state index in [1.807, 2.05) is 18.3 Å². The van der Waals surface area contributed by atoms with Gasteiger partial charge < -0.3 is 4.90 Å². The Morgan fingerprint density at radius 2 is 1.96 bits per heavy atom. The van der Waals surface area contributed by atoms with Crippen LogP contribution in [0.4, 0.5) is 0 Å². The van der Waals surface area contributed by atoms with Crippen molar-refractivity contribution in [1.82, 2.24) is 14.8 Å². The summed E-state index contributed by atoms with van der Waals surface area (Å²) in [4.78, 5) is 22.5. The van der Waals surface area contributed by atoms with Crippen molar-refractivity contribution in [3.05, 3.63) is 30.1 Å². The van der Waals surface area contributed by atoms with Crippen LogP contribution in [0.25, 0.3) is 0 Å². The Hall–Kier alpha value is -1.42. The van der Waals surface area contributed by atoms with Gasteiger partial charge in [0.05, 0.1) is 11.1 Å². The highest BCUT2D eigenvalue weighted by atomic mass is 16.2. The molecule has 4 nitrogen and oxygen atoms in total. The fourth-order valence-corrected chi connectivity index (χ4v) is 5.03. The lowest BCUT2D eigenvalue weighted by Gasteiger charge is -2.44. The highest BCUT2D eigenvalue weighted by Gasteiger charge is 2.49. The lowest BCUT2D eigenvalue weighted by atomic mass is 9.77. The van der Waals surface area contributed by atoms with Gasteiger partial charge in [-0.25, -0.2) is 0 Å². The number of carbonyl (C=O) groups excluding carboxylic acids is 1. The van der Waals surface area contributed by atoms with Crippen molar-refractivity contribution in [2.45, 2.75) is 64.0 Å². The van der Waals surface area contributed by atoms with E-state index in [1.165, 1.54) is 38.5 Å². The summed E-state index contributed by atoms with van der Waals surface area (Å²) in [7, 11) is 0. The molecular formula is C20H29N3O. The Bertz CT molecular complexity index is 570. The van der Waals surface area contributed by atoms with E-state index in [2.05, 4.69) is 20.9 Å². The molecule has 24 heavy (non-hydrogen) atoms. The summed E-state index contributed by atoms with van der Waals surface area (Å²) in [5.74, 6) is 0.462. The molecule has 1 aliphatic carbocycles. The molecule has 0 aromatic carbocycles. The Labute approximate surface area is 145 Å². The maximum absolute atomic E-state index is 13.3. The van der Waals surface area contributed by atoms with Gasteiger partial charge >= 0.3 is 0 Å². The summed E-state index contributed by atoms with van der Waals surface area (Å²) in [5.41, 5.74) is 1.01. The second-order valence-electron chi connectivity index (χ2n) is 7.96. The Balaban J connectivity index is 1.43. The number of hydrogen-bond donors (Lipinski definition) is 0. The van der Waals surface area contributed by atoms with Gasteiger partial charge in [0.25, 0.3) is 0 Å². The van der Waals surface area contributed by atoms with Gasteiger partial charge in [-0.15, -0.1) is 0 Å². The standard InChI is InChI=1S/C20H29N3O/c24-19-20(10-6-13-23(19)18-8-2-1-3-9-18)11-14-22(16-20)15-17-7-4-5-12-21-17/h4-5,7,12,18H,1-3,6,8-11,13-16H2/t20-/m1/s1. The van der Waals surface area contributed by atoms with Crippen LogP contribution in [0.1, 0.15) is 57.1 Å². The third-order valence-electron chi connectivity index (χ3n) is 6.33. The summed E-state index contributed by atoms with van der Waals surface area (Å²) in [6.45, 7) is 3.82. The molecule has 2 aliphatic heterocycles. The molecule has 1 aromatic rings. The van der Waals surface area contributed by atoms with Crippen molar-refractivity contribution in [3.63, 3.8) is 0 Å². The van der Waals surface area contributed by atoms with Gasteiger partial charge in [-0.1, -0.05) is 25.3 Å². The molecule has 1 atom stereocenters. The zero-order valence-electron chi connectivity index (χ0n) is 14.6. The van der Waals surface area contributed by atoms with Gasteiger partial charge in [-0.3, -0.25) is 14.7 Å². The number of nitrogens with zero attached hydrogens (tertiary/aromatic N) is 3. The van der Waals surface area contributed by atoms with Crippen LogP contribution in [0.5, 0.6) is 0 Å². The lowest BCUT2D eigenvalue weighted by molar-refractivity contribution is -0.149. The topological polar surface area (TPSA) is 36.4 Å². The average Bonchev–Trinajstić information content (AvgIpc) is 3.03. The van der Waals surface area contributed by atoms with E-state index in [0.29, 0.717) is 11.9 Å². The van der Waals surface area contributed by atoms with Gasteiger partial charge in [0, 0.05) is 31.9 Å². The van der Waals surface area contributed by atoms with E-state index in [1.54, 1.807) is 0 Å². The zero-order chi connectivity index (χ0) is 16.4. The third-order valence-corrected chi connectivity index (χ3v) is 6.33. The van der Waals surface area contributed by atoms with Crippen LogP contribution in [-0.4, -0.2) is 46.4 Å². The number of carbonyl (C=O) groups is 1. The fraction of sp³-hybridized carbons (Fsp3) is 0.700. The van der Waals surface area contributed by atoms with Gasteiger partial charge in [0.1, 0.15) is 0 Å². The van der Waals surface area contributed by atoms with E-state index in [4.69, 9.17) is 0 Å². The predicted octanol–water partition coefficient (Wildman–Crippen LogP) is 3.23. The van der Waals surface area contributed by atoms with Crippen molar-refractivity contribution < 1.29 is 4.79 Å². The summed E-state index contributed by atoms with van der Waals surface area (Å²) in [6, 6.07) is 6.61. The van der Waals surface area contributed by atoms with Crippen LogP contribution in [0.15, 0.2) is 24.4 Å². The molecule has 3 aliphatic rings. The molecule has 1 aromatic heterocycles. The number of piperidine rings is 1. The molecule has 130 valence electrons. The summed E-state index contributed by atoms with van der Waals surface area (Å²) >= 11 is 0. The van der Waals surface area contributed by atoms with Crippen LogP contribution in [0.3, 0.4) is 0 Å². The molecule has 0 radical (unpaired) electrons. The van der Waals surface area contributed by atoms with E-state index < -0.39 is 0 Å². The molecule has 2 saturated heterocycles.